The number of aryl methyl sites for hydroxylation is 1. The summed E-state index contributed by atoms with van der Waals surface area (Å²) in [6.45, 7) is 4.09. The Morgan fingerprint density at radius 1 is 1.08 bits per heavy atom. The van der Waals surface area contributed by atoms with Gasteiger partial charge in [-0.15, -0.1) is 0 Å². The van der Waals surface area contributed by atoms with Crippen molar-refractivity contribution in [2.24, 2.45) is 0 Å². The number of nitrogens with one attached hydrogen (secondary N) is 1. The molecule has 8 heteroatoms. The van der Waals surface area contributed by atoms with Crippen LogP contribution in [0.25, 0.3) is 0 Å². The van der Waals surface area contributed by atoms with E-state index < -0.39 is 18.0 Å². The summed E-state index contributed by atoms with van der Waals surface area (Å²) < 4.78 is 0. The summed E-state index contributed by atoms with van der Waals surface area (Å²) in [7, 11) is 0. The minimum atomic E-state index is -1.03. The van der Waals surface area contributed by atoms with Crippen molar-refractivity contribution < 1.29 is 19.5 Å². The van der Waals surface area contributed by atoms with Gasteiger partial charge in [-0.05, 0) is 66.8 Å². The summed E-state index contributed by atoms with van der Waals surface area (Å²) in [4.78, 5) is 43.3. The van der Waals surface area contributed by atoms with Gasteiger partial charge in [-0.2, -0.15) is 5.26 Å². The average Bonchev–Trinajstić information content (AvgIpc) is 2.92. The molecule has 3 aromatic rings. The average molecular weight is 511 g/mol. The van der Waals surface area contributed by atoms with Crippen molar-refractivity contribution in [3.8, 4) is 11.8 Å². The highest BCUT2D eigenvalue weighted by atomic mass is 16.3. The first-order valence-corrected chi connectivity index (χ1v) is 12.5. The van der Waals surface area contributed by atoms with Crippen LogP contribution in [0.15, 0.2) is 72.8 Å². The maximum Gasteiger partial charge on any atom is 0.247 e. The third kappa shape index (κ3) is 5.84. The lowest BCUT2D eigenvalue weighted by Crippen LogP contribution is -2.61. The molecule has 38 heavy (non-hydrogen) atoms. The number of amides is 3. The van der Waals surface area contributed by atoms with Gasteiger partial charge in [0.05, 0.1) is 11.6 Å². The highest BCUT2D eigenvalue weighted by Crippen LogP contribution is 2.28. The first-order valence-electron chi connectivity index (χ1n) is 12.5. The predicted molar refractivity (Wildman–Crippen MR) is 142 cm³/mol. The molecular weight excluding hydrogens is 480 g/mol. The van der Waals surface area contributed by atoms with E-state index in [0.29, 0.717) is 30.6 Å². The van der Waals surface area contributed by atoms with Crippen molar-refractivity contribution in [2.75, 3.05) is 13.1 Å². The number of phenolic OH excluding ortho intramolecular Hbond substituents is 1. The summed E-state index contributed by atoms with van der Waals surface area (Å²) in [5, 5.41) is 21.6. The molecule has 0 radical (unpaired) electrons. The number of aromatic hydroxyl groups is 1. The van der Waals surface area contributed by atoms with Gasteiger partial charge in [0.25, 0.3) is 0 Å². The molecule has 0 bridgehead atoms. The van der Waals surface area contributed by atoms with Gasteiger partial charge in [0, 0.05) is 13.1 Å². The van der Waals surface area contributed by atoms with E-state index in [1.807, 2.05) is 31.2 Å². The Balaban J connectivity index is 1.56. The van der Waals surface area contributed by atoms with Crippen molar-refractivity contribution in [2.45, 2.75) is 38.9 Å². The summed E-state index contributed by atoms with van der Waals surface area (Å²) in [6.07, 6.45) is 0.527. The van der Waals surface area contributed by atoms with Crippen molar-refractivity contribution in [1.82, 2.24) is 15.1 Å². The van der Waals surface area contributed by atoms with Crippen LogP contribution in [0.4, 0.5) is 0 Å². The van der Waals surface area contributed by atoms with Crippen LogP contribution in [-0.4, -0.2) is 51.8 Å². The molecule has 3 aromatic carbocycles. The monoisotopic (exact) mass is 510 g/mol. The predicted octanol–water partition coefficient (Wildman–Crippen LogP) is 3.23. The zero-order chi connectivity index (χ0) is 27.2. The van der Waals surface area contributed by atoms with Crippen molar-refractivity contribution in [1.29, 1.82) is 5.26 Å². The smallest absolute Gasteiger partial charge is 0.247 e. The standard InChI is InChI=1S/C30H30N4O4/c1-20-5-3-4-6-25(20)18-33-19-27(36)34(21(2)30(33)38)28(24-11-7-23(17-31)8-12-24)29(37)32-16-15-22-9-13-26(35)14-10-22/h3-14,21,28,35H,15-16,18-19H2,1-2H3,(H,32,37)/t21-,28?/m0/s1. The highest BCUT2D eigenvalue weighted by Gasteiger charge is 2.43. The third-order valence-corrected chi connectivity index (χ3v) is 6.85. The first kappa shape index (κ1) is 26.4. The second-order valence-electron chi connectivity index (χ2n) is 9.44. The van der Waals surface area contributed by atoms with Crippen LogP contribution in [0.3, 0.4) is 0 Å². The number of hydrogen-bond acceptors (Lipinski definition) is 5. The Hall–Kier alpha value is -4.64. The Labute approximate surface area is 222 Å². The zero-order valence-corrected chi connectivity index (χ0v) is 21.4. The number of phenols is 1. The van der Waals surface area contributed by atoms with Crippen LogP contribution in [0.5, 0.6) is 5.75 Å². The summed E-state index contributed by atoms with van der Waals surface area (Å²) in [5.74, 6) is -0.802. The number of piperazine rings is 1. The number of carbonyl (C=O) groups excluding carboxylic acids is 3. The van der Waals surface area contributed by atoms with Gasteiger partial charge in [0.15, 0.2) is 0 Å². The fourth-order valence-electron chi connectivity index (χ4n) is 4.68. The van der Waals surface area contributed by atoms with E-state index >= 15 is 0 Å². The lowest BCUT2D eigenvalue weighted by Gasteiger charge is -2.42. The summed E-state index contributed by atoms with van der Waals surface area (Å²) >= 11 is 0. The Morgan fingerprint density at radius 3 is 2.42 bits per heavy atom. The van der Waals surface area contributed by atoms with Gasteiger partial charge in [-0.3, -0.25) is 14.4 Å². The number of hydrogen-bond donors (Lipinski definition) is 2. The molecule has 1 aliphatic rings. The van der Waals surface area contributed by atoms with Gasteiger partial charge in [-0.1, -0.05) is 48.5 Å². The van der Waals surface area contributed by atoms with Crippen LogP contribution < -0.4 is 5.32 Å². The van der Waals surface area contributed by atoms with Crippen molar-refractivity contribution in [3.05, 3.63) is 101 Å². The minimum absolute atomic E-state index is 0.134. The van der Waals surface area contributed by atoms with Gasteiger partial charge in [-0.25, -0.2) is 0 Å². The zero-order valence-electron chi connectivity index (χ0n) is 21.4. The van der Waals surface area contributed by atoms with Crippen LogP contribution in [0.2, 0.25) is 0 Å². The molecular formula is C30H30N4O4. The van der Waals surface area contributed by atoms with E-state index in [1.54, 1.807) is 55.5 Å². The molecule has 3 amide bonds. The Morgan fingerprint density at radius 2 is 1.76 bits per heavy atom. The Bertz CT molecular complexity index is 1360. The van der Waals surface area contributed by atoms with Gasteiger partial charge in [0.1, 0.15) is 24.4 Å². The van der Waals surface area contributed by atoms with Gasteiger partial charge >= 0.3 is 0 Å². The summed E-state index contributed by atoms with van der Waals surface area (Å²) in [6, 6.07) is 21.1. The molecule has 1 fully saturated rings. The van der Waals surface area contributed by atoms with E-state index in [-0.39, 0.29) is 24.1 Å². The van der Waals surface area contributed by atoms with E-state index in [2.05, 4.69) is 11.4 Å². The Kier molecular flexibility index (Phi) is 8.07. The van der Waals surface area contributed by atoms with Crippen LogP contribution in [0.1, 0.15) is 40.8 Å². The molecule has 1 unspecified atom stereocenters. The number of nitriles is 1. The highest BCUT2D eigenvalue weighted by molar-refractivity contribution is 5.98. The molecule has 8 nitrogen and oxygen atoms in total. The maximum absolute atomic E-state index is 13.5. The SMILES string of the molecule is Cc1ccccc1CN1CC(=O)N(C(C(=O)NCCc2ccc(O)cc2)c2ccc(C#N)cc2)[C@@H](C)C1=O. The molecule has 0 aromatic heterocycles. The topological polar surface area (TPSA) is 114 Å². The minimum Gasteiger partial charge on any atom is -0.508 e. The van der Waals surface area contributed by atoms with Crippen LogP contribution in [0, 0.1) is 18.3 Å². The molecule has 4 rings (SSSR count). The molecule has 2 N–H and O–H groups in total. The van der Waals surface area contributed by atoms with Crippen molar-refractivity contribution >= 4 is 17.7 Å². The number of rotatable bonds is 8. The van der Waals surface area contributed by atoms with E-state index in [0.717, 1.165) is 16.7 Å². The number of benzene rings is 3. The second kappa shape index (κ2) is 11.6. The molecule has 1 aliphatic heterocycles. The molecule has 0 spiro atoms. The van der Waals surface area contributed by atoms with E-state index in [1.165, 1.54) is 9.80 Å². The normalized spacial score (nSPS) is 16.2. The molecule has 1 heterocycles. The molecule has 1 saturated heterocycles. The first-order chi connectivity index (χ1) is 18.3. The van der Waals surface area contributed by atoms with Crippen molar-refractivity contribution in [3.63, 3.8) is 0 Å². The number of nitrogens with zero attached hydrogens (tertiary/aromatic N) is 3. The number of carbonyl (C=O) groups is 3. The molecule has 2 atom stereocenters. The molecule has 0 aliphatic carbocycles. The lowest BCUT2D eigenvalue weighted by atomic mass is 9.98. The molecule has 194 valence electrons. The maximum atomic E-state index is 13.5. The summed E-state index contributed by atoms with van der Waals surface area (Å²) in [5.41, 5.74) is 3.88. The van der Waals surface area contributed by atoms with Gasteiger partial charge in [0.2, 0.25) is 17.7 Å². The largest absolute Gasteiger partial charge is 0.508 e. The van der Waals surface area contributed by atoms with Crippen LogP contribution in [-0.2, 0) is 27.3 Å². The third-order valence-electron chi connectivity index (χ3n) is 6.85. The van der Waals surface area contributed by atoms with Gasteiger partial charge < -0.3 is 20.2 Å². The molecule has 0 saturated carbocycles. The lowest BCUT2D eigenvalue weighted by molar-refractivity contribution is -0.160. The quantitative estimate of drug-likeness (QED) is 0.483. The van der Waals surface area contributed by atoms with E-state index in [4.69, 9.17) is 0 Å². The fourth-order valence-corrected chi connectivity index (χ4v) is 4.68. The van der Waals surface area contributed by atoms with Crippen LogP contribution >= 0.6 is 0 Å². The fraction of sp³-hybridized carbons (Fsp3) is 0.267. The van der Waals surface area contributed by atoms with E-state index in [9.17, 15) is 24.8 Å². The second-order valence-corrected chi connectivity index (χ2v) is 9.44.